The first-order chi connectivity index (χ1) is 9.36. The lowest BCUT2D eigenvalue weighted by molar-refractivity contribution is 0.415. The van der Waals surface area contributed by atoms with Gasteiger partial charge in [-0.05, 0) is 51.6 Å². The van der Waals surface area contributed by atoms with E-state index in [-0.39, 0.29) is 0 Å². The molecule has 3 aromatic carbocycles. The van der Waals surface area contributed by atoms with Crippen LogP contribution in [0.2, 0.25) is 0 Å². The number of hydrogen-bond donors (Lipinski definition) is 0. The Hall–Kier alpha value is -2.28. The highest BCUT2D eigenvalue weighted by atomic mass is 16.5. The van der Waals surface area contributed by atoms with E-state index in [1.54, 1.807) is 7.11 Å². The molecule has 4 rings (SSSR count). The molecule has 0 atom stereocenters. The maximum atomic E-state index is 5.36. The van der Waals surface area contributed by atoms with Gasteiger partial charge in [-0.15, -0.1) is 0 Å². The first kappa shape index (κ1) is 10.6. The second kappa shape index (κ2) is 3.86. The number of fused-ring (bicyclic) bond motifs is 5. The molecule has 1 heteroatoms. The van der Waals surface area contributed by atoms with Gasteiger partial charge in [0.25, 0.3) is 0 Å². The fraction of sp³-hybridized carbons (Fsp3) is 0.111. The molecule has 1 aliphatic rings. The molecule has 0 aliphatic heterocycles. The summed E-state index contributed by atoms with van der Waals surface area (Å²) in [7, 11) is 1.72. The third-order valence-electron chi connectivity index (χ3n) is 4.02. The quantitative estimate of drug-likeness (QED) is 0.483. The SMILES string of the molecule is COc1ccc2ccc3c(c2c1)Cc1ccccc1-3. The average molecular weight is 246 g/mol. The van der Waals surface area contributed by atoms with Crippen LogP contribution in [0, 0.1) is 0 Å². The van der Waals surface area contributed by atoms with E-state index in [4.69, 9.17) is 4.74 Å². The first-order valence-electron chi connectivity index (χ1n) is 6.55. The third kappa shape index (κ3) is 1.48. The second-order valence-electron chi connectivity index (χ2n) is 5.01. The molecule has 0 bridgehead atoms. The fourth-order valence-electron chi connectivity index (χ4n) is 3.06. The van der Waals surface area contributed by atoms with Crippen LogP contribution in [0.4, 0.5) is 0 Å². The van der Waals surface area contributed by atoms with Crippen molar-refractivity contribution in [1.29, 1.82) is 0 Å². The third-order valence-corrected chi connectivity index (χ3v) is 4.02. The maximum Gasteiger partial charge on any atom is 0.119 e. The molecule has 92 valence electrons. The highest BCUT2D eigenvalue weighted by molar-refractivity contribution is 5.95. The Labute approximate surface area is 112 Å². The van der Waals surface area contributed by atoms with E-state index >= 15 is 0 Å². The molecule has 0 fully saturated rings. The molecule has 0 aromatic heterocycles. The largest absolute Gasteiger partial charge is 0.497 e. The van der Waals surface area contributed by atoms with Crippen LogP contribution in [0.3, 0.4) is 0 Å². The van der Waals surface area contributed by atoms with Gasteiger partial charge in [0.05, 0.1) is 7.11 Å². The Morgan fingerprint density at radius 1 is 0.895 bits per heavy atom. The van der Waals surface area contributed by atoms with Crippen LogP contribution in [0.25, 0.3) is 21.9 Å². The van der Waals surface area contributed by atoms with Crippen molar-refractivity contribution >= 4 is 10.8 Å². The van der Waals surface area contributed by atoms with E-state index in [2.05, 4.69) is 48.5 Å². The van der Waals surface area contributed by atoms with Crippen LogP contribution < -0.4 is 4.74 Å². The molecule has 19 heavy (non-hydrogen) atoms. The van der Waals surface area contributed by atoms with E-state index in [0.717, 1.165) is 12.2 Å². The van der Waals surface area contributed by atoms with E-state index in [9.17, 15) is 0 Å². The molecule has 0 N–H and O–H groups in total. The molecule has 0 saturated carbocycles. The minimum atomic E-state index is 0.928. The predicted molar refractivity (Wildman–Crippen MR) is 78.7 cm³/mol. The van der Waals surface area contributed by atoms with E-state index < -0.39 is 0 Å². The predicted octanol–water partition coefficient (Wildman–Crippen LogP) is 4.42. The molecule has 3 aromatic rings. The average Bonchev–Trinajstić information content (AvgIpc) is 2.85. The van der Waals surface area contributed by atoms with Gasteiger partial charge in [0.2, 0.25) is 0 Å². The van der Waals surface area contributed by atoms with Gasteiger partial charge in [-0.3, -0.25) is 0 Å². The minimum Gasteiger partial charge on any atom is -0.497 e. The summed E-state index contributed by atoms with van der Waals surface area (Å²) in [6, 6.07) is 19.4. The monoisotopic (exact) mass is 246 g/mol. The second-order valence-corrected chi connectivity index (χ2v) is 5.01. The van der Waals surface area contributed by atoms with Gasteiger partial charge in [-0.1, -0.05) is 42.5 Å². The van der Waals surface area contributed by atoms with Crippen molar-refractivity contribution in [1.82, 2.24) is 0 Å². The number of hydrogen-bond acceptors (Lipinski definition) is 1. The number of ether oxygens (including phenoxy) is 1. The van der Waals surface area contributed by atoms with Gasteiger partial charge in [0, 0.05) is 0 Å². The number of methoxy groups -OCH3 is 1. The lowest BCUT2D eigenvalue weighted by Gasteiger charge is -2.07. The Kier molecular flexibility index (Phi) is 2.16. The first-order valence-corrected chi connectivity index (χ1v) is 6.55. The molecule has 0 amide bonds. The Morgan fingerprint density at radius 3 is 2.63 bits per heavy atom. The zero-order valence-corrected chi connectivity index (χ0v) is 10.8. The van der Waals surface area contributed by atoms with Gasteiger partial charge in [-0.25, -0.2) is 0 Å². The number of rotatable bonds is 1. The smallest absolute Gasteiger partial charge is 0.119 e. The Bertz CT molecular complexity index is 787. The lowest BCUT2D eigenvalue weighted by atomic mass is 9.99. The van der Waals surface area contributed by atoms with Crippen molar-refractivity contribution in [3.8, 4) is 16.9 Å². The van der Waals surface area contributed by atoms with Crippen LogP contribution in [0.5, 0.6) is 5.75 Å². The normalized spacial score (nSPS) is 12.3. The van der Waals surface area contributed by atoms with Gasteiger partial charge in [0.15, 0.2) is 0 Å². The molecule has 1 nitrogen and oxygen atoms in total. The van der Waals surface area contributed by atoms with Gasteiger partial charge in [-0.2, -0.15) is 0 Å². The summed E-state index contributed by atoms with van der Waals surface area (Å²) in [6.45, 7) is 0. The van der Waals surface area contributed by atoms with Gasteiger partial charge < -0.3 is 4.74 Å². The van der Waals surface area contributed by atoms with Crippen molar-refractivity contribution in [3.63, 3.8) is 0 Å². The highest BCUT2D eigenvalue weighted by Crippen LogP contribution is 2.40. The van der Waals surface area contributed by atoms with Crippen LogP contribution in [0.15, 0.2) is 54.6 Å². The Balaban J connectivity index is 2.04. The molecule has 0 unspecified atom stereocenters. The van der Waals surface area contributed by atoms with Gasteiger partial charge in [0.1, 0.15) is 5.75 Å². The topological polar surface area (TPSA) is 9.23 Å². The molecular weight excluding hydrogens is 232 g/mol. The lowest BCUT2D eigenvalue weighted by Crippen LogP contribution is -1.87. The van der Waals surface area contributed by atoms with Crippen molar-refractivity contribution in [2.24, 2.45) is 0 Å². The summed E-state index contributed by atoms with van der Waals surface area (Å²) in [4.78, 5) is 0. The number of benzene rings is 3. The van der Waals surface area contributed by atoms with E-state index in [0.29, 0.717) is 0 Å². The fourth-order valence-corrected chi connectivity index (χ4v) is 3.06. The summed E-state index contributed by atoms with van der Waals surface area (Å²) >= 11 is 0. The summed E-state index contributed by atoms with van der Waals surface area (Å²) in [5.41, 5.74) is 5.60. The molecule has 0 heterocycles. The van der Waals surface area contributed by atoms with Crippen LogP contribution >= 0.6 is 0 Å². The summed E-state index contributed by atoms with van der Waals surface area (Å²) in [5, 5.41) is 2.60. The highest BCUT2D eigenvalue weighted by Gasteiger charge is 2.19. The van der Waals surface area contributed by atoms with Crippen molar-refractivity contribution in [3.05, 3.63) is 65.7 Å². The molecule has 1 aliphatic carbocycles. The molecule has 0 radical (unpaired) electrons. The van der Waals surface area contributed by atoms with Crippen LogP contribution in [-0.4, -0.2) is 7.11 Å². The minimum absolute atomic E-state index is 0.928. The van der Waals surface area contributed by atoms with Crippen molar-refractivity contribution in [2.45, 2.75) is 6.42 Å². The summed E-state index contributed by atoms with van der Waals surface area (Å²) < 4.78 is 5.36. The van der Waals surface area contributed by atoms with Crippen LogP contribution in [-0.2, 0) is 6.42 Å². The van der Waals surface area contributed by atoms with Crippen molar-refractivity contribution < 1.29 is 4.74 Å². The molecule has 0 spiro atoms. The molecule has 0 saturated heterocycles. The Morgan fingerprint density at radius 2 is 1.74 bits per heavy atom. The van der Waals surface area contributed by atoms with E-state index in [1.165, 1.54) is 33.0 Å². The van der Waals surface area contributed by atoms with Crippen LogP contribution in [0.1, 0.15) is 11.1 Å². The zero-order chi connectivity index (χ0) is 12.8. The van der Waals surface area contributed by atoms with Gasteiger partial charge >= 0.3 is 0 Å². The van der Waals surface area contributed by atoms with Crippen molar-refractivity contribution in [2.75, 3.05) is 7.11 Å². The summed E-state index contributed by atoms with van der Waals surface area (Å²) in [5.74, 6) is 0.928. The standard InChI is InChI=1S/C18H14O/c1-19-14-8-6-12-7-9-16-15-5-3-2-4-13(15)10-18(16)17(12)11-14/h2-9,11H,10H2,1H3. The zero-order valence-electron chi connectivity index (χ0n) is 10.8. The van der Waals surface area contributed by atoms with E-state index in [1.807, 2.05) is 6.07 Å². The molecular formula is C18H14O. The maximum absolute atomic E-state index is 5.36. The summed E-state index contributed by atoms with van der Waals surface area (Å²) in [6.07, 6.45) is 1.02.